The van der Waals surface area contributed by atoms with Crippen molar-refractivity contribution in [3.63, 3.8) is 0 Å². The Morgan fingerprint density at radius 2 is 2.07 bits per heavy atom. The van der Waals surface area contributed by atoms with Crippen LogP contribution >= 0.6 is 0 Å². The Morgan fingerprint density at radius 3 is 2.79 bits per heavy atom. The largest absolute Gasteiger partial charge is 0.381 e. The molecule has 0 aromatic heterocycles. The Labute approximate surface area is 87.4 Å². The summed E-state index contributed by atoms with van der Waals surface area (Å²) >= 11 is 0. The average Bonchev–Trinajstić information content (AvgIpc) is 2.41. The molecule has 3 atom stereocenters. The highest BCUT2D eigenvalue weighted by Gasteiger charge is 2.30. The lowest BCUT2D eigenvalue weighted by Gasteiger charge is -2.39. The standard InChI is InChI=1S/C12H23NO/c1-2-10-5-6-12(10)13-11-4-3-8-14-9-7-11/h10-13H,2-9H2,1H3. The van der Waals surface area contributed by atoms with Crippen LogP contribution in [0.3, 0.4) is 0 Å². The second-order valence-electron chi connectivity index (χ2n) is 4.76. The molecule has 2 aliphatic rings. The summed E-state index contributed by atoms with van der Waals surface area (Å²) in [6.07, 6.45) is 7.95. The first-order chi connectivity index (χ1) is 6.90. The fourth-order valence-corrected chi connectivity index (χ4v) is 2.65. The molecular weight excluding hydrogens is 174 g/mol. The maximum Gasteiger partial charge on any atom is 0.0480 e. The molecular formula is C12H23NO. The molecule has 0 bridgehead atoms. The smallest absolute Gasteiger partial charge is 0.0480 e. The molecule has 2 rings (SSSR count). The molecule has 82 valence electrons. The van der Waals surface area contributed by atoms with E-state index >= 15 is 0 Å². The zero-order chi connectivity index (χ0) is 9.80. The van der Waals surface area contributed by atoms with Gasteiger partial charge in [-0.3, -0.25) is 0 Å². The van der Waals surface area contributed by atoms with E-state index in [1.54, 1.807) is 0 Å². The highest BCUT2D eigenvalue weighted by molar-refractivity contribution is 4.88. The summed E-state index contributed by atoms with van der Waals surface area (Å²) in [7, 11) is 0. The molecule has 1 N–H and O–H groups in total. The van der Waals surface area contributed by atoms with Gasteiger partial charge in [0.05, 0.1) is 0 Å². The van der Waals surface area contributed by atoms with E-state index in [1.165, 1.54) is 38.5 Å². The number of hydrogen-bond donors (Lipinski definition) is 1. The molecule has 2 nitrogen and oxygen atoms in total. The first-order valence-electron chi connectivity index (χ1n) is 6.24. The van der Waals surface area contributed by atoms with Crippen LogP contribution in [-0.4, -0.2) is 25.3 Å². The molecule has 14 heavy (non-hydrogen) atoms. The summed E-state index contributed by atoms with van der Waals surface area (Å²) in [5.74, 6) is 0.958. The van der Waals surface area contributed by atoms with Crippen molar-refractivity contribution in [2.75, 3.05) is 13.2 Å². The number of rotatable bonds is 3. The summed E-state index contributed by atoms with van der Waals surface area (Å²) in [4.78, 5) is 0. The maximum atomic E-state index is 5.47. The minimum Gasteiger partial charge on any atom is -0.381 e. The van der Waals surface area contributed by atoms with Crippen LogP contribution in [0, 0.1) is 5.92 Å². The topological polar surface area (TPSA) is 21.3 Å². The van der Waals surface area contributed by atoms with Gasteiger partial charge in [0, 0.05) is 25.3 Å². The van der Waals surface area contributed by atoms with Crippen molar-refractivity contribution in [1.82, 2.24) is 5.32 Å². The van der Waals surface area contributed by atoms with Gasteiger partial charge in [0.25, 0.3) is 0 Å². The van der Waals surface area contributed by atoms with E-state index in [-0.39, 0.29) is 0 Å². The summed E-state index contributed by atoms with van der Waals surface area (Å²) in [5, 5.41) is 3.82. The molecule has 0 amide bonds. The first-order valence-corrected chi connectivity index (χ1v) is 6.24. The Hall–Kier alpha value is -0.0800. The van der Waals surface area contributed by atoms with Gasteiger partial charge in [-0.2, -0.15) is 0 Å². The van der Waals surface area contributed by atoms with Crippen molar-refractivity contribution in [2.24, 2.45) is 5.92 Å². The molecule has 1 saturated carbocycles. The molecule has 0 spiro atoms. The predicted molar refractivity (Wildman–Crippen MR) is 58.4 cm³/mol. The van der Waals surface area contributed by atoms with Gasteiger partial charge in [-0.1, -0.05) is 13.3 Å². The molecule has 0 radical (unpaired) electrons. The van der Waals surface area contributed by atoms with E-state index in [0.717, 1.165) is 31.2 Å². The number of nitrogens with one attached hydrogen (secondary N) is 1. The van der Waals surface area contributed by atoms with Crippen molar-refractivity contribution in [2.45, 2.75) is 57.5 Å². The molecule has 1 aliphatic heterocycles. The second-order valence-corrected chi connectivity index (χ2v) is 4.76. The highest BCUT2D eigenvalue weighted by atomic mass is 16.5. The molecule has 2 heteroatoms. The van der Waals surface area contributed by atoms with E-state index in [4.69, 9.17) is 4.74 Å². The van der Waals surface area contributed by atoms with E-state index < -0.39 is 0 Å². The lowest BCUT2D eigenvalue weighted by atomic mass is 9.77. The average molecular weight is 197 g/mol. The predicted octanol–water partition coefficient (Wildman–Crippen LogP) is 2.33. The molecule has 1 aliphatic carbocycles. The zero-order valence-corrected chi connectivity index (χ0v) is 9.30. The van der Waals surface area contributed by atoms with E-state index in [2.05, 4.69) is 12.2 Å². The van der Waals surface area contributed by atoms with E-state index in [1.807, 2.05) is 0 Å². The summed E-state index contributed by atoms with van der Waals surface area (Å²) in [6.45, 7) is 4.25. The third-order valence-corrected chi connectivity index (χ3v) is 3.84. The molecule has 1 saturated heterocycles. The van der Waals surface area contributed by atoms with Crippen LogP contribution < -0.4 is 5.32 Å². The summed E-state index contributed by atoms with van der Waals surface area (Å²) in [5.41, 5.74) is 0. The minimum absolute atomic E-state index is 0.733. The Morgan fingerprint density at radius 1 is 1.14 bits per heavy atom. The zero-order valence-electron chi connectivity index (χ0n) is 9.30. The van der Waals surface area contributed by atoms with Crippen LogP contribution in [0.25, 0.3) is 0 Å². The minimum atomic E-state index is 0.733. The normalized spacial score (nSPS) is 38.8. The molecule has 0 aromatic rings. The van der Waals surface area contributed by atoms with Crippen LogP contribution in [0.1, 0.15) is 45.4 Å². The lowest BCUT2D eigenvalue weighted by molar-refractivity contribution is 0.138. The summed E-state index contributed by atoms with van der Waals surface area (Å²) < 4.78 is 5.47. The van der Waals surface area contributed by atoms with Gasteiger partial charge in [-0.25, -0.2) is 0 Å². The Balaban J connectivity index is 1.72. The Kier molecular flexibility index (Phi) is 3.82. The third-order valence-electron chi connectivity index (χ3n) is 3.84. The van der Waals surface area contributed by atoms with Gasteiger partial charge in [0.2, 0.25) is 0 Å². The van der Waals surface area contributed by atoms with Crippen molar-refractivity contribution < 1.29 is 4.74 Å². The highest BCUT2D eigenvalue weighted by Crippen LogP contribution is 2.31. The number of ether oxygens (including phenoxy) is 1. The van der Waals surface area contributed by atoms with Crippen LogP contribution in [0.2, 0.25) is 0 Å². The van der Waals surface area contributed by atoms with Crippen LogP contribution in [0.15, 0.2) is 0 Å². The van der Waals surface area contributed by atoms with Crippen molar-refractivity contribution in [3.05, 3.63) is 0 Å². The van der Waals surface area contributed by atoms with Crippen molar-refractivity contribution in [3.8, 4) is 0 Å². The van der Waals surface area contributed by atoms with Gasteiger partial charge in [-0.05, 0) is 38.0 Å². The molecule has 0 aromatic carbocycles. The quantitative estimate of drug-likeness (QED) is 0.750. The molecule has 3 unspecified atom stereocenters. The van der Waals surface area contributed by atoms with Gasteiger partial charge in [-0.15, -0.1) is 0 Å². The van der Waals surface area contributed by atoms with Gasteiger partial charge in [0.15, 0.2) is 0 Å². The third kappa shape index (κ3) is 2.48. The van der Waals surface area contributed by atoms with E-state index in [0.29, 0.717) is 0 Å². The maximum absolute atomic E-state index is 5.47. The van der Waals surface area contributed by atoms with Crippen molar-refractivity contribution in [1.29, 1.82) is 0 Å². The molecule has 1 heterocycles. The Bertz CT molecular complexity index is 162. The van der Waals surface area contributed by atoms with Crippen LogP contribution in [0.5, 0.6) is 0 Å². The van der Waals surface area contributed by atoms with Gasteiger partial charge < -0.3 is 10.1 Å². The SMILES string of the molecule is CCC1CCC1NC1CCCOCC1. The fourth-order valence-electron chi connectivity index (χ4n) is 2.65. The van der Waals surface area contributed by atoms with Crippen molar-refractivity contribution >= 4 is 0 Å². The van der Waals surface area contributed by atoms with Crippen LogP contribution in [0.4, 0.5) is 0 Å². The molecule has 2 fully saturated rings. The fraction of sp³-hybridized carbons (Fsp3) is 1.00. The second kappa shape index (κ2) is 5.13. The van der Waals surface area contributed by atoms with Gasteiger partial charge in [0.1, 0.15) is 0 Å². The monoisotopic (exact) mass is 197 g/mol. The lowest BCUT2D eigenvalue weighted by Crippen LogP contribution is -2.48. The first kappa shape index (κ1) is 10.4. The van der Waals surface area contributed by atoms with Crippen LogP contribution in [-0.2, 0) is 4.74 Å². The number of hydrogen-bond acceptors (Lipinski definition) is 2. The van der Waals surface area contributed by atoms with Gasteiger partial charge >= 0.3 is 0 Å². The van der Waals surface area contributed by atoms with E-state index in [9.17, 15) is 0 Å². The summed E-state index contributed by atoms with van der Waals surface area (Å²) in [6, 6.07) is 1.56.